The van der Waals surface area contributed by atoms with E-state index in [2.05, 4.69) is 17.9 Å². The van der Waals surface area contributed by atoms with Crippen LogP contribution in [-0.4, -0.2) is 27.7 Å². The van der Waals surface area contributed by atoms with Gasteiger partial charge in [0.2, 0.25) is 5.88 Å². The second kappa shape index (κ2) is 7.00. The first-order valence-corrected chi connectivity index (χ1v) is 10.3. The van der Waals surface area contributed by atoms with Crippen LogP contribution in [0.4, 0.5) is 10.5 Å². The van der Waals surface area contributed by atoms with Crippen LogP contribution < -0.4 is 9.64 Å². The molecule has 1 aromatic rings. The smallest absolute Gasteiger partial charge is 0.291 e. The maximum atomic E-state index is 12.4. The van der Waals surface area contributed by atoms with Crippen molar-refractivity contribution in [2.75, 3.05) is 11.4 Å². The number of thioether (sulfide) groups is 1. The SMILES string of the molecule is CCCN1C(=O)S/C(=C2\Oc3ccccc3N2C2CCCCC2)C1=S. The summed E-state index contributed by atoms with van der Waals surface area (Å²) in [7, 11) is 0. The van der Waals surface area contributed by atoms with Crippen molar-refractivity contribution in [1.82, 2.24) is 4.90 Å². The molecule has 1 saturated carbocycles. The van der Waals surface area contributed by atoms with E-state index in [1.807, 2.05) is 18.2 Å². The zero-order chi connectivity index (χ0) is 17.4. The number of para-hydroxylation sites is 2. The third-order valence-corrected chi connectivity index (χ3v) is 6.50. The Morgan fingerprint density at radius 3 is 2.76 bits per heavy atom. The lowest BCUT2D eigenvalue weighted by molar-refractivity contribution is 0.245. The summed E-state index contributed by atoms with van der Waals surface area (Å²) < 4.78 is 6.22. The lowest BCUT2D eigenvalue weighted by atomic mass is 9.94. The molecule has 0 radical (unpaired) electrons. The Bertz CT molecular complexity index is 741. The Balaban J connectivity index is 1.75. The van der Waals surface area contributed by atoms with E-state index in [1.54, 1.807) is 4.90 Å². The van der Waals surface area contributed by atoms with E-state index in [4.69, 9.17) is 17.0 Å². The van der Waals surface area contributed by atoms with Crippen LogP contribution in [0.3, 0.4) is 0 Å². The molecule has 2 aliphatic heterocycles. The van der Waals surface area contributed by atoms with Crippen molar-refractivity contribution >= 4 is 39.9 Å². The molecule has 2 heterocycles. The Labute approximate surface area is 158 Å². The van der Waals surface area contributed by atoms with E-state index in [0.29, 0.717) is 17.6 Å². The lowest BCUT2D eigenvalue weighted by Gasteiger charge is -2.32. The summed E-state index contributed by atoms with van der Waals surface area (Å²) in [5.74, 6) is 1.62. The molecule has 1 aromatic carbocycles. The van der Waals surface area contributed by atoms with E-state index < -0.39 is 0 Å². The number of amides is 1. The number of carbonyl (C=O) groups excluding carboxylic acids is 1. The van der Waals surface area contributed by atoms with Gasteiger partial charge in [0.1, 0.15) is 9.89 Å². The molecular formula is C19H22N2O2S2. The van der Waals surface area contributed by atoms with Crippen LogP contribution in [-0.2, 0) is 0 Å². The average Bonchev–Trinajstić information content (AvgIpc) is 3.15. The number of hydrogen-bond donors (Lipinski definition) is 0. The number of carbonyl (C=O) groups is 1. The molecule has 1 saturated heterocycles. The molecule has 25 heavy (non-hydrogen) atoms. The second-order valence-corrected chi connectivity index (χ2v) is 8.04. The summed E-state index contributed by atoms with van der Waals surface area (Å²) in [4.78, 5) is 17.8. The van der Waals surface area contributed by atoms with Crippen LogP contribution in [0, 0.1) is 0 Å². The zero-order valence-electron chi connectivity index (χ0n) is 14.4. The van der Waals surface area contributed by atoms with Crippen LogP contribution in [0.25, 0.3) is 0 Å². The van der Waals surface area contributed by atoms with E-state index in [-0.39, 0.29) is 5.24 Å². The predicted molar refractivity (Wildman–Crippen MR) is 106 cm³/mol. The fourth-order valence-electron chi connectivity index (χ4n) is 3.81. The highest BCUT2D eigenvalue weighted by molar-refractivity contribution is 8.19. The highest BCUT2D eigenvalue weighted by Crippen LogP contribution is 2.47. The molecule has 0 aromatic heterocycles. The molecular weight excluding hydrogens is 352 g/mol. The summed E-state index contributed by atoms with van der Waals surface area (Å²) in [5, 5.41) is 0.0116. The summed E-state index contributed by atoms with van der Waals surface area (Å²) in [6, 6.07) is 8.54. The molecule has 0 unspecified atom stereocenters. The fraction of sp³-hybridized carbons (Fsp3) is 0.474. The minimum Gasteiger partial charge on any atom is -0.437 e. The van der Waals surface area contributed by atoms with Gasteiger partial charge in [-0.1, -0.05) is 50.5 Å². The Morgan fingerprint density at radius 2 is 2.00 bits per heavy atom. The van der Waals surface area contributed by atoms with Gasteiger partial charge in [0.25, 0.3) is 5.24 Å². The number of nitrogens with zero attached hydrogens (tertiary/aromatic N) is 2. The highest BCUT2D eigenvalue weighted by Gasteiger charge is 2.41. The summed E-state index contributed by atoms with van der Waals surface area (Å²) in [6.07, 6.45) is 6.98. The number of hydrogen-bond acceptors (Lipinski definition) is 5. The number of anilines is 1. The van der Waals surface area contributed by atoms with Crippen molar-refractivity contribution in [3.05, 3.63) is 35.1 Å². The molecule has 2 fully saturated rings. The second-order valence-electron chi connectivity index (χ2n) is 6.69. The Morgan fingerprint density at radius 1 is 1.24 bits per heavy atom. The van der Waals surface area contributed by atoms with Gasteiger partial charge in [-0.3, -0.25) is 9.69 Å². The zero-order valence-corrected chi connectivity index (χ0v) is 16.0. The van der Waals surface area contributed by atoms with Crippen molar-refractivity contribution in [2.45, 2.75) is 51.5 Å². The number of rotatable bonds is 3. The topological polar surface area (TPSA) is 32.8 Å². The fourth-order valence-corrected chi connectivity index (χ4v) is 5.14. The molecule has 132 valence electrons. The Hall–Kier alpha value is -1.53. The van der Waals surface area contributed by atoms with Crippen LogP contribution in [0.1, 0.15) is 45.4 Å². The first kappa shape index (κ1) is 16.9. The standard InChI is InChI=1S/C19H22N2O2S2/c1-2-12-20-18(24)16(25-19(20)22)17-21(13-8-4-3-5-9-13)14-10-6-7-11-15(14)23-17/h6-7,10-11,13H,2-5,8-9,12H2,1H3/b17-16-. The van der Waals surface area contributed by atoms with Gasteiger partial charge in [0.05, 0.1) is 5.69 Å². The van der Waals surface area contributed by atoms with E-state index in [1.165, 1.54) is 31.0 Å². The molecule has 0 atom stereocenters. The third-order valence-electron chi connectivity index (χ3n) is 4.98. The van der Waals surface area contributed by atoms with Gasteiger partial charge in [0.15, 0.2) is 5.75 Å². The van der Waals surface area contributed by atoms with Crippen LogP contribution >= 0.6 is 24.0 Å². The Kier molecular flexibility index (Phi) is 4.73. The monoisotopic (exact) mass is 374 g/mol. The molecule has 0 spiro atoms. The molecule has 1 aliphatic carbocycles. The van der Waals surface area contributed by atoms with Crippen molar-refractivity contribution in [3.8, 4) is 5.75 Å². The molecule has 3 aliphatic rings. The van der Waals surface area contributed by atoms with Crippen LogP contribution in [0.2, 0.25) is 0 Å². The van der Waals surface area contributed by atoms with Crippen molar-refractivity contribution in [3.63, 3.8) is 0 Å². The molecule has 0 bridgehead atoms. The van der Waals surface area contributed by atoms with Crippen molar-refractivity contribution < 1.29 is 9.53 Å². The summed E-state index contributed by atoms with van der Waals surface area (Å²) in [6.45, 7) is 2.72. The van der Waals surface area contributed by atoms with Gasteiger partial charge in [-0.05, 0) is 43.2 Å². The molecule has 1 amide bonds. The van der Waals surface area contributed by atoms with Gasteiger partial charge in [-0.25, -0.2) is 0 Å². The number of ether oxygens (including phenoxy) is 1. The van der Waals surface area contributed by atoms with Crippen LogP contribution in [0.15, 0.2) is 35.1 Å². The van der Waals surface area contributed by atoms with E-state index in [9.17, 15) is 4.79 Å². The van der Waals surface area contributed by atoms with Gasteiger partial charge in [-0.2, -0.15) is 0 Å². The van der Waals surface area contributed by atoms with Crippen molar-refractivity contribution in [2.24, 2.45) is 0 Å². The number of benzene rings is 1. The normalized spacial score (nSPS) is 24.0. The van der Waals surface area contributed by atoms with E-state index >= 15 is 0 Å². The molecule has 0 N–H and O–H groups in total. The van der Waals surface area contributed by atoms with Crippen molar-refractivity contribution in [1.29, 1.82) is 0 Å². The highest BCUT2D eigenvalue weighted by atomic mass is 32.2. The molecule has 6 heteroatoms. The first-order chi connectivity index (χ1) is 12.2. The van der Waals surface area contributed by atoms with Gasteiger partial charge < -0.3 is 9.64 Å². The van der Waals surface area contributed by atoms with Gasteiger partial charge in [-0.15, -0.1) is 0 Å². The van der Waals surface area contributed by atoms with E-state index in [0.717, 1.165) is 41.5 Å². The quantitative estimate of drug-likeness (QED) is 0.530. The predicted octanol–water partition coefficient (Wildman–Crippen LogP) is 5.29. The number of thiocarbonyl (C=S) groups is 1. The minimum atomic E-state index is 0.0116. The largest absolute Gasteiger partial charge is 0.437 e. The maximum absolute atomic E-state index is 12.4. The average molecular weight is 375 g/mol. The van der Waals surface area contributed by atoms with Gasteiger partial charge in [0, 0.05) is 12.6 Å². The maximum Gasteiger partial charge on any atom is 0.291 e. The minimum absolute atomic E-state index is 0.0116. The number of fused-ring (bicyclic) bond motifs is 1. The first-order valence-electron chi connectivity index (χ1n) is 9.04. The summed E-state index contributed by atoms with van der Waals surface area (Å²) in [5.41, 5.74) is 1.10. The third kappa shape index (κ3) is 2.95. The molecule has 4 rings (SSSR count). The van der Waals surface area contributed by atoms with Crippen LogP contribution in [0.5, 0.6) is 5.75 Å². The summed E-state index contributed by atoms with van der Waals surface area (Å²) >= 11 is 6.84. The lowest BCUT2D eigenvalue weighted by Crippen LogP contribution is -2.36. The van der Waals surface area contributed by atoms with Gasteiger partial charge >= 0.3 is 0 Å². The molecule has 4 nitrogen and oxygen atoms in total.